The van der Waals surface area contributed by atoms with E-state index in [-0.39, 0.29) is 5.91 Å². The molecule has 25 heavy (non-hydrogen) atoms. The summed E-state index contributed by atoms with van der Waals surface area (Å²) in [5, 5.41) is 4.21. The summed E-state index contributed by atoms with van der Waals surface area (Å²) in [5.74, 6) is 0.139. The number of carbonyl (C=O) groups excluding carboxylic acids is 1. The normalized spacial score (nSPS) is 15.4. The van der Waals surface area contributed by atoms with E-state index in [1.54, 1.807) is 11.3 Å². The predicted octanol–water partition coefficient (Wildman–Crippen LogP) is 4.95. The maximum atomic E-state index is 12.2. The Balaban J connectivity index is 1.41. The Morgan fingerprint density at radius 1 is 1.04 bits per heavy atom. The second kappa shape index (κ2) is 7.36. The van der Waals surface area contributed by atoms with Crippen molar-refractivity contribution in [2.45, 2.75) is 44.6 Å². The summed E-state index contributed by atoms with van der Waals surface area (Å²) in [5.41, 5.74) is 3.20. The van der Waals surface area contributed by atoms with Gasteiger partial charge in [-0.15, -0.1) is 11.3 Å². The van der Waals surface area contributed by atoms with Gasteiger partial charge in [0, 0.05) is 11.6 Å². The lowest BCUT2D eigenvalue weighted by Crippen LogP contribution is -2.37. The molecule has 1 aliphatic carbocycles. The van der Waals surface area contributed by atoms with Crippen LogP contribution in [0.3, 0.4) is 0 Å². The number of fused-ring (bicyclic) bond motifs is 1. The molecule has 3 nitrogen and oxygen atoms in total. The molecular formula is C21H22N2OS. The molecule has 0 aliphatic heterocycles. The standard InChI is InChI=1S/C21H22N2OS/c24-20(22-17-6-2-1-3-7-17)14-15-10-12-16(13-11-15)21-23-18-8-4-5-9-19(18)25-21/h4-5,8-13,17H,1-3,6-7,14H2,(H,22,24). The first-order chi connectivity index (χ1) is 12.3. The highest BCUT2D eigenvalue weighted by Gasteiger charge is 2.15. The van der Waals surface area contributed by atoms with Crippen LogP contribution in [-0.4, -0.2) is 16.9 Å². The van der Waals surface area contributed by atoms with Crippen molar-refractivity contribution < 1.29 is 4.79 Å². The van der Waals surface area contributed by atoms with E-state index < -0.39 is 0 Å². The molecule has 1 aromatic heterocycles. The van der Waals surface area contributed by atoms with Gasteiger partial charge in [0.25, 0.3) is 0 Å². The Hall–Kier alpha value is -2.20. The zero-order valence-electron chi connectivity index (χ0n) is 14.2. The largest absolute Gasteiger partial charge is 0.353 e. The number of aromatic nitrogens is 1. The predicted molar refractivity (Wildman–Crippen MR) is 104 cm³/mol. The van der Waals surface area contributed by atoms with Crippen molar-refractivity contribution in [1.29, 1.82) is 0 Å². The lowest BCUT2D eigenvalue weighted by Gasteiger charge is -2.22. The summed E-state index contributed by atoms with van der Waals surface area (Å²) in [7, 11) is 0. The lowest BCUT2D eigenvalue weighted by molar-refractivity contribution is -0.121. The number of para-hydroxylation sites is 1. The number of amides is 1. The molecule has 0 spiro atoms. The first-order valence-corrected chi connectivity index (χ1v) is 9.84. The number of thiazole rings is 1. The second-order valence-corrected chi connectivity index (χ2v) is 7.79. The number of benzene rings is 2. The van der Waals surface area contributed by atoms with Gasteiger partial charge < -0.3 is 5.32 Å². The van der Waals surface area contributed by atoms with Crippen LogP contribution >= 0.6 is 11.3 Å². The van der Waals surface area contributed by atoms with Crippen LogP contribution in [0.1, 0.15) is 37.7 Å². The maximum Gasteiger partial charge on any atom is 0.224 e. The van der Waals surface area contributed by atoms with E-state index in [0.717, 1.165) is 34.5 Å². The smallest absolute Gasteiger partial charge is 0.224 e. The fourth-order valence-electron chi connectivity index (χ4n) is 3.47. The zero-order chi connectivity index (χ0) is 17.1. The van der Waals surface area contributed by atoms with Gasteiger partial charge in [0.05, 0.1) is 16.6 Å². The fraction of sp³-hybridized carbons (Fsp3) is 0.333. The molecule has 1 heterocycles. The second-order valence-electron chi connectivity index (χ2n) is 6.76. The van der Waals surface area contributed by atoms with Crippen molar-refractivity contribution in [3.05, 3.63) is 54.1 Å². The monoisotopic (exact) mass is 350 g/mol. The molecule has 1 fully saturated rings. The van der Waals surface area contributed by atoms with Crippen molar-refractivity contribution >= 4 is 27.5 Å². The molecule has 1 aliphatic rings. The van der Waals surface area contributed by atoms with Crippen molar-refractivity contribution in [3.63, 3.8) is 0 Å². The Morgan fingerprint density at radius 2 is 1.80 bits per heavy atom. The fourth-order valence-corrected chi connectivity index (χ4v) is 4.44. The minimum atomic E-state index is 0.139. The van der Waals surface area contributed by atoms with E-state index in [4.69, 9.17) is 4.98 Å². The van der Waals surface area contributed by atoms with Crippen LogP contribution in [0.2, 0.25) is 0 Å². The van der Waals surface area contributed by atoms with Gasteiger partial charge in [-0.3, -0.25) is 4.79 Å². The quantitative estimate of drug-likeness (QED) is 0.723. The summed E-state index contributed by atoms with van der Waals surface area (Å²) in [4.78, 5) is 16.9. The average Bonchev–Trinajstić information content (AvgIpc) is 3.07. The van der Waals surface area contributed by atoms with Crippen molar-refractivity contribution in [1.82, 2.24) is 10.3 Å². The van der Waals surface area contributed by atoms with E-state index in [9.17, 15) is 4.79 Å². The number of hydrogen-bond acceptors (Lipinski definition) is 3. The molecule has 4 heteroatoms. The molecule has 1 amide bonds. The third-order valence-electron chi connectivity index (χ3n) is 4.83. The van der Waals surface area contributed by atoms with E-state index >= 15 is 0 Å². The highest BCUT2D eigenvalue weighted by molar-refractivity contribution is 7.21. The van der Waals surface area contributed by atoms with E-state index in [1.165, 1.54) is 24.0 Å². The van der Waals surface area contributed by atoms with Crippen LogP contribution in [0, 0.1) is 0 Å². The Kier molecular flexibility index (Phi) is 4.79. The highest BCUT2D eigenvalue weighted by atomic mass is 32.1. The zero-order valence-corrected chi connectivity index (χ0v) is 15.0. The van der Waals surface area contributed by atoms with Gasteiger partial charge in [-0.1, -0.05) is 55.7 Å². The summed E-state index contributed by atoms with van der Waals surface area (Å²) >= 11 is 1.70. The lowest BCUT2D eigenvalue weighted by atomic mass is 9.95. The van der Waals surface area contributed by atoms with Crippen LogP contribution < -0.4 is 5.32 Å². The third-order valence-corrected chi connectivity index (χ3v) is 5.92. The number of nitrogens with zero attached hydrogens (tertiary/aromatic N) is 1. The van der Waals surface area contributed by atoms with E-state index in [1.807, 2.05) is 30.3 Å². The minimum Gasteiger partial charge on any atom is -0.353 e. The van der Waals surface area contributed by atoms with Gasteiger partial charge in [-0.2, -0.15) is 0 Å². The van der Waals surface area contributed by atoms with Gasteiger partial charge in [0.1, 0.15) is 5.01 Å². The van der Waals surface area contributed by atoms with Crippen LogP contribution in [0.5, 0.6) is 0 Å². The SMILES string of the molecule is O=C(Cc1ccc(-c2nc3ccccc3s2)cc1)NC1CCCCC1. The van der Waals surface area contributed by atoms with Crippen molar-refractivity contribution in [2.75, 3.05) is 0 Å². The first-order valence-electron chi connectivity index (χ1n) is 9.02. The molecule has 0 radical (unpaired) electrons. The Labute approximate surface area is 152 Å². The highest BCUT2D eigenvalue weighted by Crippen LogP contribution is 2.30. The molecular weight excluding hydrogens is 328 g/mol. The molecule has 0 atom stereocenters. The Morgan fingerprint density at radius 3 is 2.56 bits per heavy atom. The van der Waals surface area contributed by atoms with Gasteiger partial charge in [0.2, 0.25) is 5.91 Å². The Bertz CT molecular complexity index is 830. The minimum absolute atomic E-state index is 0.139. The first kappa shape index (κ1) is 16.3. The molecule has 4 rings (SSSR count). The van der Waals surface area contributed by atoms with Gasteiger partial charge in [0.15, 0.2) is 0 Å². The third kappa shape index (κ3) is 3.90. The summed E-state index contributed by atoms with van der Waals surface area (Å²) in [6, 6.07) is 16.8. The number of hydrogen-bond donors (Lipinski definition) is 1. The average molecular weight is 350 g/mol. The van der Waals surface area contributed by atoms with E-state index in [0.29, 0.717) is 12.5 Å². The molecule has 0 bridgehead atoms. The van der Waals surface area contributed by atoms with Crippen LogP contribution in [0.15, 0.2) is 48.5 Å². The molecule has 128 valence electrons. The molecule has 2 aromatic carbocycles. The number of carbonyl (C=O) groups is 1. The summed E-state index contributed by atoms with van der Waals surface area (Å²) < 4.78 is 1.20. The van der Waals surface area contributed by atoms with Crippen LogP contribution in [0.25, 0.3) is 20.8 Å². The van der Waals surface area contributed by atoms with Gasteiger partial charge in [-0.25, -0.2) is 4.98 Å². The molecule has 1 saturated carbocycles. The molecule has 0 unspecified atom stereocenters. The topological polar surface area (TPSA) is 42.0 Å². The number of rotatable bonds is 4. The van der Waals surface area contributed by atoms with Crippen molar-refractivity contribution in [2.24, 2.45) is 0 Å². The summed E-state index contributed by atoms with van der Waals surface area (Å²) in [6.07, 6.45) is 6.49. The van der Waals surface area contributed by atoms with Crippen LogP contribution in [-0.2, 0) is 11.2 Å². The number of nitrogens with one attached hydrogen (secondary N) is 1. The van der Waals surface area contributed by atoms with Gasteiger partial charge in [-0.05, 0) is 30.5 Å². The maximum absolute atomic E-state index is 12.2. The molecule has 1 N–H and O–H groups in total. The van der Waals surface area contributed by atoms with Gasteiger partial charge >= 0.3 is 0 Å². The van der Waals surface area contributed by atoms with Crippen LogP contribution in [0.4, 0.5) is 0 Å². The van der Waals surface area contributed by atoms with E-state index in [2.05, 4.69) is 23.5 Å². The molecule has 3 aromatic rings. The van der Waals surface area contributed by atoms with Crippen molar-refractivity contribution in [3.8, 4) is 10.6 Å². The summed E-state index contributed by atoms with van der Waals surface area (Å²) in [6.45, 7) is 0. The molecule has 0 saturated heterocycles.